The van der Waals surface area contributed by atoms with Crippen molar-refractivity contribution in [1.82, 2.24) is 4.98 Å². The maximum atomic E-state index is 13.9. The minimum absolute atomic E-state index is 0.0136. The highest BCUT2D eigenvalue weighted by molar-refractivity contribution is 6.32. The Bertz CT molecular complexity index is 1390. The van der Waals surface area contributed by atoms with Gasteiger partial charge < -0.3 is 10.2 Å². The number of benzene rings is 1. The predicted molar refractivity (Wildman–Crippen MR) is 132 cm³/mol. The molecule has 1 aromatic carbocycles. The maximum Gasteiger partial charge on any atom is 0.190 e. The summed E-state index contributed by atoms with van der Waals surface area (Å²) in [6, 6.07) is 6.78. The smallest absolute Gasteiger partial charge is 0.190 e. The number of phenolic OH excluding ortho intramolecular Hbond substituents is 1. The molecule has 0 bridgehead atoms. The summed E-state index contributed by atoms with van der Waals surface area (Å²) < 4.78 is 0. The molecule has 3 aliphatic carbocycles. The Labute approximate surface area is 214 Å². The third kappa shape index (κ3) is 3.45. The molecule has 8 heteroatoms. The van der Waals surface area contributed by atoms with Gasteiger partial charge in [-0.25, -0.2) is 0 Å². The summed E-state index contributed by atoms with van der Waals surface area (Å²) in [4.78, 5) is 71.1. The molecular weight excluding hydrogens is 474 g/mol. The zero-order valence-corrected chi connectivity index (χ0v) is 21.1. The number of hydrogen-bond donors (Lipinski definition) is 2. The zero-order chi connectivity index (χ0) is 27.0. The van der Waals surface area contributed by atoms with Crippen LogP contribution in [0.15, 0.2) is 30.5 Å². The maximum absolute atomic E-state index is 13.9. The molecule has 8 nitrogen and oxygen atoms in total. The van der Waals surface area contributed by atoms with Gasteiger partial charge in [-0.1, -0.05) is 13.8 Å². The first-order chi connectivity index (χ1) is 17.4. The second-order valence-electron chi connectivity index (χ2n) is 11.1. The summed E-state index contributed by atoms with van der Waals surface area (Å²) in [7, 11) is 0. The van der Waals surface area contributed by atoms with Gasteiger partial charge in [0.1, 0.15) is 17.5 Å². The van der Waals surface area contributed by atoms with Crippen molar-refractivity contribution in [3.8, 4) is 17.0 Å². The van der Waals surface area contributed by atoms with Crippen molar-refractivity contribution < 1.29 is 34.2 Å². The van der Waals surface area contributed by atoms with Crippen LogP contribution in [0.25, 0.3) is 11.3 Å². The van der Waals surface area contributed by atoms with Gasteiger partial charge in [0.05, 0.1) is 17.2 Å². The van der Waals surface area contributed by atoms with Crippen molar-refractivity contribution in [2.75, 3.05) is 0 Å². The number of ketones is 5. The lowest BCUT2D eigenvalue weighted by Crippen LogP contribution is -2.70. The molecule has 0 radical (unpaired) electrons. The van der Waals surface area contributed by atoms with E-state index in [0.717, 1.165) is 12.5 Å². The number of aryl methyl sites for hydroxylation is 1. The predicted octanol–water partition coefficient (Wildman–Crippen LogP) is 2.68. The number of aromatic hydroxyl groups is 1. The van der Waals surface area contributed by atoms with Crippen molar-refractivity contribution >= 4 is 28.9 Å². The van der Waals surface area contributed by atoms with Crippen LogP contribution >= 0.6 is 0 Å². The largest absolute Gasteiger partial charge is 0.507 e. The van der Waals surface area contributed by atoms with Crippen LogP contribution in [0.1, 0.15) is 48.7 Å². The molecule has 5 rings (SSSR count). The van der Waals surface area contributed by atoms with Crippen LogP contribution in [0.4, 0.5) is 0 Å². The van der Waals surface area contributed by atoms with E-state index in [1.807, 2.05) is 19.1 Å². The van der Waals surface area contributed by atoms with Gasteiger partial charge in [-0.05, 0) is 73.9 Å². The molecule has 0 saturated heterocycles. The number of Topliss-reactive ketones (excluding diaryl/α,β-unsaturated/α-hetero) is 5. The van der Waals surface area contributed by atoms with Crippen molar-refractivity contribution in [1.29, 1.82) is 0 Å². The molecule has 2 fully saturated rings. The Morgan fingerprint density at radius 2 is 1.81 bits per heavy atom. The number of carbonyl (C=O) groups is 5. The van der Waals surface area contributed by atoms with E-state index in [1.165, 1.54) is 6.07 Å². The van der Waals surface area contributed by atoms with Gasteiger partial charge in [0, 0.05) is 23.6 Å². The van der Waals surface area contributed by atoms with Crippen LogP contribution in [-0.4, -0.2) is 49.7 Å². The van der Waals surface area contributed by atoms with E-state index >= 15 is 0 Å². The number of hydrogen-bond acceptors (Lipinski definition) is 8. The Hall–Kier alpha value is -3.52. The van der Waals surface area contributed by atoms with E-state index in [-0.39, 0.29) is 30.1 Å². The van der Waals surface area contributed by atoms with Gasteiger partial charge in [0.2, 0.25) is 0 Å². The molecular formula is C29H29NO7. The summed E-state index contributed by atoms with van der Waals surface area (Å²) in [6.45, 7) is 6.52. The van der Waals surface area contributed by atoms with E-state index in [0.29, 0.717) is 16.8 Å². The number of aromatic nitrogens is 1. The SMILES string of the molecule is CC(=O)C1C(=O)C(C(C)C)[C@H]2C[C@H]3Cc4c(-c5cc(C)ccn5)ccc(O)c4C(=O)C3C(=O)[C@@]2(O)C1=O. The number of carbonyl (C=O) groups excluding carboxylic acids is 5. The fraction of sp³-hybridized carbons (Fsp3) is 0.448. The molecule has 0 aliphatic heterocycles. The van der Waals surface area contributed by atoms with Crippen LogP contribution in [0.3, 0.4) is 0 Å². The number of pyridine rings is 1. The van der Waals surface area contributed by atoms with E-state index in [1.54, 1.807) is 26.1 Å². The molecule has 2 N–H and O–H groups in total. The summed E-state index contributed by atoms with van der Waals surface area (Å²) in [5.74, 6) is -10.3. The quantitative estimate of drug-likeness (QED) is 0.610. The second-order valence-corrected chi connectivity index (χ2v) is 11.1. The van der Waals surface area contributed by atoms with Gasteiger partial charge in [-0.15, -0.1) is 0 Å². The van der Waals surface area contributed by atoms with Crippen LogP contribution in [0.5, 0.6) is 5.75 Å². The molecule has 0 spiro atoms. The van der Waals surface area contributed by atoms with Crippen molar-refractivity contribution in [3.05, 3.63) is 47.2 Å². The van der Waals surface area contributed by atoms with Gasteiger partial charge in [0.25, 0.3) is 0 Å². The van der Waals surface area contributed by atoms with Crippen LogP contribution in [-0.2, 0) is 25.6 Å². The molecule has 37 heavy (non-hydrogen) atoms. The Balaban J connectivity index is 1.67. The summed E-state index contributed by atoms with van der Waals surface area (Å²) in [5.41, 5.74) is 0.166. The standard InChI is InChI=1S/C29H29NO7/c1-12(2)21-18-11-15-10-17-16(19-9-13(3)7-8-30-19)5-6-20(32)24(17)26(34)23(15)28(36)29(18,37)27(35)22(14(4)31)25(21)33/h5-9,12,15,18,21-23,32,37H,10-11H2,1-4H3/t15-,18-,21?,22?,23?,29+/m1/s1. The van der Waals surface area contributed by atoms with E-state index in [9.17, 15) is 34.2 Å². The second kappa shape index (κ2) is 8.52. The molecule has 1 aromatic heterocycles. The summed E-state index contributed by atoms with van der Waals surface area (Å²) in [6.07, 6.45) is 1.96. The van der Waals surface area contributed by atoms with E-state index in [4.69, 9.17) is 0 Å². The van der Waals surface area contributed by atoms with Gasteiger partial charge in [-0.3, -0.25) is 29.0 Å². The lowest BCUT2D eigenvalue weighted by atomic mass is 9.49. The first kappa shape index (κ1) is 25.1. The van der Waals surface area contributed by atoms with Gasteiger partial charge in [0.15, 0.2) is 28.7 Å². The molecule has 2 saturated carbocycles. The Morgan fingerprint density at radius 1 is 1.11 bits per heavy atom. The molecule has 2 aromatic rings. The highest BCUT2D eigenvalue weighted by Crippen LogP contribution is 2.53. The normalized spacial score (nSPS) is 31.1. The zero-order valence-electron chi connectivity index (χ0n) is 21.1. The first-order valence-corrected chi connectivity index (χ1v) is 12.6. The van der Waals surface area contributed by atoms with Crippen LogP contribution in [0.2, 0.25) is 0 Å². The number of rotatable bonds is 3. The average Bonchev–Trinajstić information content (AvgIpc) is 2.81. The number of fused-ring (bicyclic) bond motifs is 3. The number of nitrogens with zero attached hydrogens (tertiary/aromatic N) is 1. The Morgan fingerprint density at radius 3 is 2.43 bits per heavy atom. The van der Waals surface area contributed by atoms with Crippen molar-refractivity contribution in [2.24, 2.45) is 35.5 Å². The first-order valence-electron chi connectivity index (χ1n) is 12.6. The number of aliphatic hydroxyl groups is 1. The van der Waals surface area contributed by atoms with Crippen molar-refractivity contribution in [3.63, 3.8) is 0 Å². The minimum Gasteiger partial charge on any atom is -0.507 e. The highest BCUT2D eigenvalue weighted by Gasteiger charge is 2.68. The fourth-order valence-corrected chi connectivity index (χ4v) is 6.89. The summed E-state index contributed by atoms with van der Waals surface area (Å²) in [5, 5.41) is 22.4. The van der Waals surface area contributed by atoms with E-state index < -0.39 is 64.1 Å². The summed E-state index contributed by atoms with van der Waals surface area (Å²) >= 11 is 0. The number of phenols is 1. The van der Waals surface area contributed by atoms with Crippen LogP contribution in [0, 0.1) is 42.4 Å². The monoisotopic (exact) mass is 503 g/mol. The van der Waals surface area contributed by atoms with Crippen LogP contribution < -0.4 is 0 Å². The molecule has 3 aliphatic rings. The third-order valence-electron chi connectivity index (χ3n) is 8.51. The molecule has 3 unspecified atom stereocenters. The topological polar surface area (TPSA) is 139 Å². The van der Waals surface area contributed by atoms with Crippen molar-refractivity contribution in [2.45, 2.75) is 46.1 Å². The molecule has 6 atom stereocenters. The van der Waals surface area contributed by atoms with Gasteiger partial charge in [-0.2, -0.15) is 0 Å². The Kier molecular flexibility index (Phi) is 5.79. The third-order valence-corrected chi connectivity index (χ3v) is 8.51. The minimum atomic E-state index is -2.61. The highest BCUT2D eigenvalue weighted by atomic mass is 16.3. The molecule has 192 valence electrons. The van der Waals surface area contributed by atoms with Gasteiger partial charge >= 0.3 is 0 Å². The average molecular weight is 504 g/mol. The lowest BCUT2D eigenvalue weighted by molar-refractivity contribution is -0.182. The fourth-order valence-electron chi connectivity index (χ4n) is 6.89. The van der Waals surface area contributed by atoms with E-state index in [2.05, 4.69) is 4.98 Å². The molecule has 1 heterocycles. The lowest BCUT2D eigenvalue weighted by Gasteiger charge is -2.52. The molecule has 0 amide bonds.